The maximum absolute atomic E-state index is 9.51. The van der Waals surface area contributed by atoms with Crippen LogP contribution in [0.25, 0.3) is 32.0 Å². The summed E-state index contributed by atoms with van der Waals surface area (Å²) < 4.78 is 0. The summed E-state index contributed by atoms with van der Waals surface area (Å²) in [6, 6.07) is 4.10. The second kappa shape index (κ2) is 6.39. The summed E-state index contributed by atoms with van der Waals surface area (Å²) in [7, 11) is 0. The molecule has 3 rings (SSSR count). The van der Waals surface area contributed by atoms with Crippen LogP contribution in [0.3, 0.4) is 0 Å². The Bertz CT molecular complexity index is 1150. The van der Waals surface area contributed by atoms with Gasteiger partial charge in [-0.1, -0.05) is 0 Å². The van der Waals surface area contributed by atoms with Gasteiger partial charge in [-0.3, -0.25) is 0 Å². The minimum atomic E-state index is 0.101. The summed E-state index contributed by atoms with van der Waals surface area (Å²) >= 11 is 0. The Morgan fingerprint density at radius 3 is 1.18 bits per heavy atom. The second-order valence-corrected chi connectivity index (χ2v) is 7.14. The second-order valence-electron chi connectivity index (χ2n) is 7.14. The summed E-state index contributed by atoms with van der Waals surface area (Å²) in [6.07, 6.45) is 0. The van der Waals surface area contributed by atoms with E-state index in [0.29, 0.717) is 11.1 Å². The molecule has 0 aliphatic heterocycles. The fourth-order valence-corrected chi connectivity index (χ4v) is 4.55. The van der Waals surface area contributed by atoms with Crippen molar-refractivity contribution < 1.29 is 0 Å². The van der Waals surface area contributed by atoms with E-state index in [4.69, 9.17) is 13.1 Å². The maximum Gasteiger partial charge on any atom is 0.269 e. The first-order chi connectivity index (χ1) is 13.3. The molecule has 4 heteroatoms. The summed E-state index contributed by atoms with van der Waals surface area (Å²) in [5, 5.41) is 19.0. The molecule has 0 heterocycles. The van der Waals surface area contributed by atoms with Gasteiger partial charge in [0.15, 0.2) is 0 Å². The zero-order valence-corrected chi connectivity index (χ0v) is 16.8. The normalized spacial score (nSPS) is 18.1. The molecule has 0 N–H and O–H groups in total. The van der Waals surface area contributed by atoms with Crippen LogP contribution in [-0.4, -0.2) is 0 Å². The van der Waals surface area contributed by atoms with Crippen LogP contribution < -0.4 is 0 Å². The lowest BCUT2D eigenvalue weighted by atomic mass is 9.84. The van der Waals surface area contributed by atoms with Gasteiger partial charge in [-0.15, -0.1) is 0 Å². The number of benzene rings is 1. The van der Waals surface area contributed by atoms with Crippen molar-refractivity contribution >= 4 is 22.3 Å². The highest BCUT2D eigenvalue weighted by atomic mass is 14.7. The third-order valence-electron chi connectivity index (χ3n) is 6.03. The number of nitrogens with zero attached hydrogens (tertiary/aromatic N) is 4. The molecule has 2 aliphatic rings. The summed E-state index contributed by atoms with van der Waals surface area (Å²) in [5.41, 5.74) is 11.5. The average molecular weight is 362 g/mol. The van der Waals surface area contributed by atoms with Crippen molar-refractivity contribution in [1.82, 2.24) is 0 Å². The van der Waals surface area contributed by atoms with Crippen LogP contribution in [-0.2, 0) is 0 Å². The molecule has 28 heavy (non-hydrogen) atoms. The molecular formula is C24H18N4. The Morgan fingerprint density at radius 1 is 0.607 bits per heavy atom. The highest BCUT2D eigenvalue weighted by molar-refractivity contribution is 6.10. The van der Waals surface area contributed by atoms with Crippen LogP contribution in [0, 0.1) is 49.7 Å². The minimum absolute atomic E-state index is 0.101. The molecule has 0 atom stereocenters. The number of allylic oxidation sites excluding steroid dienone is 8. The summed E-state index contributed by atoms with van der Waals surface area (Å²) in [6.45, 7) is 26.8. The smallest absolute Gasteiger partial charge is 0.226 e. The lowest BCUT2D eigenvalue weighted by molar-refractivity contribution is 1.29. The van der Waals surface area contributed by atoms with Crippen LogP contribution in [0.4, 0.5) is 0 Å². The van der Waals surface area contributed by atoms with Crippen molar-refractivity contribution in [1.29, 1.82) is 10.5 Å². The first-order valence-electron chi connectivity index (χ1n) is 8.84. The fourth-order valence-electron chi connectivity index (χ4n) is 4.55. The van der Waals surface area contributed by atoms with Gasteiger partial charge in [0.05, 0.1) is 25.3 Å². The molecule has 1 aromatic carbocycles. The largest absolute Gasteiger partial charge is 0.269 e. The Morgan fingerprint density at radius 2 is 0.929 bits per heavy atom. The number of rotatable bonds is 0. The molecule has 0 saturated carbocycles. The third-order valence-corrected chi connectivity index (χ3v) is 6.03. The third kappa shape index (κ3) is 2.13. The van der Waals surface area contributed by atoms with E-state index in [0.717, 1.165) is 55.7 Å². The average Bonchev–Trinajstić information content (AvgIpc) is 3.10. The molecule has 0 radical (unpaired) electrons. The van der Waals surface area contributed by atoms with E-state index in [2.05, 4.69) is 21.8 Å². The van der Waals surface area contributed by atoms with Crippen molar-refractivity contribution in [2.45, 2.75) is 41.5 Å². The van der Waals surface area contributed by atoms with E-state index < -0.39 is 0 Å². The van der Waals surface area contributed by atoms with Gasteiger partial charge < -0.3 is 0 Å². The van der Waals surface area contributed by atoms with Crippen LogP contribution >= 0.6 is 0 Å². The summed E-state index contributed by atoms with van der Waals surface area (Å²) in [4.78, 5) is 6.94. The van der Waals surface area contributed by atoms with E-state index in [9.17, 15) is 10.5 Å². The monoisotopic (exact) mass is 362 g/mol. The zero-order valence-electron chi connectivity index (χ0n) is 16.8. The molecule has 0 amide bonds. The van der Waals surface area contributed by atoms with E-state index in [1.807, 2.05) is 41.5 Å². The van der Waals surface area contributed by atoms with Gasteiger partial charge in [0.1, 0.15) is 0 Å². The Hall–Kier alpha value is -3.86. The van der Waals surface area contributed by atoms with Gasteiger partial charge in [-0.2, -0.15) is 0 Å². The minimum Gasteiger partial charge on any atom is -0.226 e. The first-order valence-corrected chi connectivity index (χ1v) is 8.84. The highest BCUT2D eigenvalue weighted by Crippen LogP contribution is 2.54. The van der Waals surface area contributed by atoms with Crippen molar-refractivity contribution in [3.63, 3.8) is 0 Å². The van der Waals surface area contributed by atoms with E-state index in [1.54, 1.807) is 0 Å². The molecule has 134 valence electrons. The van der Waals surface area contributed by atoms with Gasteiger partial charge in [0.25, 0.3) is 11.4 Å². The first kappa shape index (κ1) is 18.9. The highest BCUT2D eigenvalue weighted by Gasteiger charge is 2.35. The van der Waals surface area contributed by atoms with E-state index in [-0.39, 0.29) is 11.4 Å². The van der Waals surface area contributed by atoms with Crippen LogP contribution in [0.2, 0.25) is 0 Å². The van der Waals surface area contributed by atoms with Gasteiger partial charge >= 0.3 is 0 Å². The molecule has 0 unspecified atom stereocenters. The number of nitriles is 2. The molecule has 0 saturated heterocycles. The molecular weight excluding hydrogens is 344 g/mol. The van der Waals surface area contributed by atoms with Crippen LogP contribution in [0.15, 0.2) is 22.5 Å². The maximum atomic E-state index is 9.51. The van der Waals surface area contributed by atoms with Gasteiger partial charge in [0, 0.05) is 11.1 Å². The predicted octanol–water partition coefficient (Wildman–Crippen LogP) is 6.23. The molecule has 0 spiro atoms. The standard InChI is InChI=1S/C24H18N4/c1-11-13(3)21(17(9-25)27-7)23-16(6)20-12(2)14(4)22(18(10-26)28-8)24(20)15(5)19(11)23/h1-6H3/b21-17-,22-18+. The van der Waals surface area contributed by atoms with Crippen molar-refractivity contribution in [3.05, 3.63) is 78.8 Å². The summed E-state index contributed by atoms with van der Waals surface area (Å²) in [5.74, 6) is 0. The number of hydrogen-bond acceptors (Lipinski definition) is 2. The fraction of sp³-hybridized carbons (Fsp3) is 0.250. The molecule has 0 bridgehead atoms. The number of fused-ring (bicyclic) bond motifs is 2. The van der Waals surface area contributed by atoms with Gasteiger partial charge in [-0.25, -0.2) is 20.2 Å². The van der Waals surface area contributed by atoms with Crippen molar-refractivity contribution in [2.75, 3.05) is 0 Å². The molecule has 4 nitrogen and oxygen atoms in total. The SMILES string of the molecule is [C-]#[N+]/C(C#N)=C1/C(C)=C(C)c2c(C)c3c(c(C)c21)C(C)=C(C)/C3=C(/C#N)[N+]#[C-]. The Labute approximate surface area is 165 Å². The van der Waals surface area contributed by atoms with Crippen LogP contribution in [0.1, 0.15) is 61.1 Å². The van der Waals surface area contributed by atoms with Gasteiger partial charge in [-0.05, 0) is 97.2 Å². The quantitative estimate of drug-likeness (QED) is 0.406. The Balaban J connectivity index is 2.62. The lowest BCUT2D eigenvalue weighted by Gasteiger charge is -2.19. The lowest BCUT2D eigenvalue weighted by Crippen LogP contribution is -2.02. The van der Waals surface area contributed by atoms with Crippen LogP contribution in [0.5, 0.6) is 0 Å². The zero-order chi connectivity index (χ0) is 20.9. The van der Waals surface area contributed by atoms with Crippen molar-refractivity contribution in [3.8, 4) is 12.1 Å². The number of hydrogen-bond donors (Lipinski definition) is 0. The van der Waals surface area contributed by atoms with E-state index >= 15 is 0 Å². The molecule has 0 aromatic heterocycles. The molecule has 0 fully saturated rings. The topological polar surface area (TPSA) is 56.3 Å². The van der Waals surface area contributed by atoms with Crippen molar-refractivity contribution in [2.24, 2.45) is 0 Å². The van der Waals surface area contributed by atoms with Gasteiger partial charge in [0.2, 0.25) is 0 Å². The predicted molar refractivity (Wildman–Crippen MR) is 111 cm³/mol. The molecule has 1 aromatic rings. The van der Waals surface area contributed by atoms with E-state index in [1.165, 1.54) is 0 Å². The Kier molecular flexibility index (Phi) is 4.32. The molecule has 2 aliphatic carbocycles.